The van der Waals surface area contributed by atoms with Gasteiger partial charge in [0.15, 0.2) is 0 Å². The number of hydrogen-bond donors (Lipinski definition) is 1. The molecule has 0 spiro atoms. The second-order valence-electron chi connectivity index (χ2n) is 5.69. The molecular formula is C16H20ClF3N2. The van der Waals surface area contributed by atoms with Gasteiger partial charge in [0.1, 0.15) is 0 Å². The van der Waals surface area contributed by atoms with E-state index in [4.69, 9.17) is 11.6 Å². The van der Waals surface area contributed by atoms with Crippen molar-refractivity contribution in [1.82, 2.24) is 10.2 Å². The Hall–Kier alpha value is -1.04. The average Bonchev–Trinajstić information content (AvgIpc) is 2.45. The highest BCUT2D eigenvalue weighted by Gasteiger charge is 2.37. The van der Waals surface area contributed by atoms with E-state index >= 15 is 0 Å². The standard InChI is InChI=1S/C16H20ClF3N2/c1-11(2)9-15(22-7-5-21-6-8-22)13-4-3-12(17)10-14(13)16(18,19)20/h3-4,10,15,21H,1,5-9H2,2H3/t15-/m1/s1. The molecule has 1 fully saturated rings. The van der Waals surface area contributed by atoms with Crippen LogP contribution in [0.3, 0.4) is 0 Å². The Kier molecular flexibility index (Phi) is 5.53. The van der Waals surface area contributed by atoms with E-state index < -0.39 is 11.7 Å². The van der Waals surface area contributed by atoms with Crippen LogP contribution in [0.5, 0.6) is 0 Å². The molecule has 1 atom stereocenters. The molecule has 1 aromatic rings. The second-order valence-corrected chi connectivity index (χ2v) is 6.13. The normalized spacial score (nSPS) is 18.2. The molecule has 1 aliphatic rings. The summed E-state index contributed by atoms with van der Waals surface area (Å²) in [6.45, 7) is 8.72. The van der Waals surface area contributed by atoms with E-state index in [1.165, 1.54) is 12.1 Å². The van der Waals surface area contributed by atoms with Crippen LogP contribution in [0.25, 0.3) is 0 Å². The number of hydrogen-bond acceptors (Lipinski definition) is 2. The Bertz CT molecular complexity index is 537. The highest BCUT2D eigenvalue weighted by atomic mass is 35.5. The zero-order valence-electron chi connectivity index (χ0n) is 12.5. The summed E-state index contributed by atoms with van der Waals surface area (Å²) in [6, 6.07) is 3.72. The van der Waals surface area contributed by atoms with Crippen LogP contribution < -0.4 is 5.32 Å². The van der Waals surface area contributed by atoms with Gasteiger partial charge in [0.2, 0.25) is 0 Å². The van der Waals surface area contributed by atoms with E-state index in [0.29, 0.717) is 6.42 Å². The number of benzene rings is 1. The van der Waals surface area contributed by atoms with Gasteiger partial charge < -0.3 is 5.32 Å². The van der Waals surface area contributed by atoms with E-state index in [1.54, 1.807) is 0 Å². The molecule has 1 aliphatic heterocycles. The van der Waals surface area contributed by atoms with Gasteiger partial charge in [0.25, 0.3) is 0 Å². The molecule has 1 saturated heterocycles. The van der Waals surface area contributed by atoms with Gasteiger partial charge in [0.05, 0.1) is 5.56 Å². The molecule has 2 nitrogen and oxygen atoms in total. The van der Waals surface area contributed by atoms with Crippen molar-refractivity contribution in [2.75, 3.05) is 26.2 Å². The smallest absolute Gasteiger partial charge is 0.314 e. The summed E-state index contributed by atoms with van der Waals surface area (Å²) in [5.41, 5.74) is 0.498. The zero-order chi connectivity index (χ0) is 16.3. The molecular weight excluding hydrogens is 313 g/mol. The summed E-state index contributed by atoms with van der Waals surface area (Å²) in [7, 11) is 0. The Morgan fingerprint density at radius 2 is 2.00 bits per heavy atom. The summed E-state index contributed by atoms with van der Waals surface area (Å²) in [5, 5.41) is 3.32. The van der Waals surface area contributed by atoms with E-state index in [-0.39, 0.29) is 16.6 Å². The molecule has 1 heterocycles. The monoisotopic (exact) mass is 332 g/mol. The number of alkyl halides is 3. The lowest BCUT2D eigenvalue weighted by Crippen LogP contribution is -2.45. The number of halogens is 4. The lowest BCUT2D eigenvalue weighted by atomic mass is 9.93. The molecule has 0 aliphatic carbocycles. The van der Waals surface area contributed by atoms with Crippen LogP contribution in [0.15, 0.2) is 30.4 Å². The molecule has 122 valence electrons. The highest BCUT2D eigenvalue weighted by molar-refractivity contribution is 6.30. The fourth-order valence-corrected chi connectivity index (χ4v) is 3.00. The van der Waals surface area contributed by atoms with Gasteiger partial charge in [-0.25, -0.2) is 0 Å². The van der Waals surface area contributed by atoms with Gasteiger partial charge in [-0.05, 0) is 31.0 Å². The molecule has 1 aromatic carbocycles. The average molecular weight is 333 g/mol. The summed E-state index contributed by atoms with van der Waals surface area (Å²) >= 11 is 5.78. The summed E-state index contributed by atoms with van der Waals surface area (Å²) < 4.78 is 40.1. The molecule has 0 radical (unpaired) electrons. The third-order valence-electron chi connectivity index (χ3n) is 3.81. The first-order valence-electron chi connectivity index (χ1n) is 7.25. The zero-order valence-corrected chi connectivity index (χ0v) is 13.3. The van der Waals surface area contributed by atoms with Crippen molar-refractivity contribution in [2.24, 2.45) is 0 Å². The Morgan fingerprint density at radius 3 is 2.55 bits per heavy atom. The Morgan fingerprint density at radius 1 is 1.36 bits per heavy atom. The van der Waals surface area contributed by atoms with Crippen LogP contribution in [0.1, 0.15) is 30.5 Å². The van der Waals surface area contributed by atoms with Crippen molar-refractivity contribution in [3.8, 4) is 0 Å². The minimum absolute atomic E-state index is 0.102. The van der Waals surface area contributed by atoms with Crippen molar-refractivity contribution in [3.05, 3.63) is 46.5 Å². The molecule has 6 heteroatoms. The van der Waals surface area contributed by atoms with Crippen LogP contribution in [-0.4, -0.2) is 31.1 Å². The summed E-state index contributed by atoms with van der Waals surface area (Å²) in [5.74, 6) is 0. The fraction of sp³-hybridized carbons (Fsp3) is 0.500. The maximum absolute atomic E-state index is 13.4. The third-order valence-corrected chi connectivity index (χ3v) is 4.05. The molecule has 0 aromatic heterocycles. The molecule has 0 unspecified atom stereocenters. The van der Waals surface area contributed by atoms with Crippen molar-refractivity contribution < 1.29 is 13.2 Å². The summed E-state index contributed by atoms with van der Waals surface area (Å²) in [6.07, 6.45) is -3.91. The fourth-order valence-electron chi connectivity index (χ4n) is 2.82. The van der Waals surface area contributed by atoms with E-state index in [2.05, 4.69) is 16.8 Å². The number of nitrogens with zero attached hydrogens (tertiary/aromatic N) is 1. The molecule has 0 amide bonds. The first kappa shape index (κ1) is 17.3. The summed E-state index contributed by atoms with van der Waals surface area (Å²) in [4.78, 5) is 2.09. The molecule has 22 heavy (non-hydrogen) atoms. The topological polar surface area (TPSA) is 15.3 Å². The number of piperazine rings is 1. The molecule has 0 bridgehead atoms. The minimum Gasteiger partial charge on any atom is -0.314 e. The number of nitrogens with one attached hydrogen (secondary N) is 1. The van der Waals surface area contributed by atoms with Gasteiger partial charge in [0, 0.05) is 37.2 Å². The Labute approximate surface area is 133 Å². The van der Waals surface area contributed by atoms with Crippen LogP contribution in [-0.2, 0) is 6.18 Å². The molecule has 1 N–H and O–H groups in total. The minimum atomic E-state index is -4.42. The van der Waals surface area contributed by atoms with Crippen LogP contribution in [0.2, 0.25) is 5.02 Å². The van der Waals surface area contributed by atoms with Gasteiger partial charge in [-0.2, -0.15) is 13.2 Å². The lowest BCUT2D eigenvalue weighted by molar-refractivity contribution is -0.138. The Balaban J connectivity index is 2.44. The number of rotatable bonds is 4. The van der Waals surface area contributed by atoms with Gasteiger partial charge in [-0.1, -0.05) is 23.2 Å². The van der Waals surface area contributed by atoms with Crippen molar-refractivity contribution in [1.29, 1.82) is 0 Å². The third kappa shape index (κ3) is 4.24. The van der Waals surface area contributed by atoms with E-state index in [0.717, 1.165) is 37.8 Å². The van der Waals surface area contributed by atoms with E-state index in [9.17, 15) is 13.2 Å². The molecule has 0 saturated carbocycles. The van der Waals surface area contributed by atoms with E-state index in [1.807, 2.05) is 6.92 Å². The maximum atomic E-state index is 13.4. The highest BCUT2D eigenvalue weighted by Crippen LogP contribution is 2.39. The van der Waals surface area contributed by atoms with Gasteiger partial charge in [-0.3, -0.25) is 4.90 Å². The van der Waals surface area contributed by atoms with Gasteiger partial charge >= 0.3 is 6.18 Å². The van der Waals surface area contributed by atoms with Crippen molar-refractivity contribution in [2.45, 2.75) is 25.6 Å². The van der Waals surface area contributed by atoms with Crippen LogP contribution in [0, 0.1) is 0 Å². The SMILES string of the molecule is C=C(C)C[C@H](c1ccc(Cl)cc1C(F)(F)F)N1CCNCC1. The van der Waals surface area contributed by atoms with Gasteiger partial charge in [-0.15, -0.1) is 6.58 Å². The predicted molar refractivity (Wildman–Crippen MR) is 83.1 cm³/mol. The van der Waals surface area contributed by atoms with Crippen LogP contribution >= 0.6 is 11.6 Å². The van der Waals surface area contributed by atoms with Crippen molar-refractivity contribution >= 4 is 11.6 Å². The van der Waals surface area contributed by atoms with Crippen molar-refractivity contribution in [3.63, 3.8) is 0 Å². The first-order valence-corrected chi connectivity index (χ1v) is 7.62. The molecule has 2 rings (SSSR count). The van der Waals surface area contributed by atoms with Crippen LogP contribution in [0.4, 0.5) is 13.2 Å². The maximum Gasteiger partial charge on any atom is 0.416 e. The first-order chi connectivity index (χ1) is 10.3. The predicted octanol–water partition coefficient (Wildman–Crippen LogP) is 4.27. The largest absolute Gasteiger partial charge is 0.416 e. The second kappa shape index (κ2) is 7.02. The quantitative estimate of drug-likeness (QED) is 0.828. The lowest BCUT2D eigenvalue weighted by Gasteiger charge is -2.36.